The summed E-state index contributed by atoms with van der Waals surface area (Å²) in [5, 5.41) is 9.18. The second kappa shape index (κ2) is 8.43. The molecule has 0 aromatic heterocycles. The van der Waals surface area contributed by atoms with Gasteiger partial charge in [-0.15, -0.1) is 0 Å². The fraction of sp³-hybridized carbons (Fsp3) is 0.160. The van der Waals surface area contributed by atoms with Gasteiger partial charge in [-0.05, 0) is 49.0 Å². The highest BCUT2D eigenvalue weighted by atomic mass is 32.2. The lowest BCUT2D eigenvalue weighted by Crippen LogP contribution is -2.40. The molecule has 0 spiro atoms. The van der Waals surface area contributed by atoms with Crippen LogP contribution in [0.1, 0.15) is 39.1 Å². The van der Waals surface area contributed by atoms with Crippen LogP contribution in [0.15, 0.2) is 77.2 Å². The van der Waals surface area contributed by atoms with Gasteiger partial charge in [-0.3, -0.25) is 9.59 Å². The van der Waals surface area contributed by atoms with E-state index >= 15 is 0 Å². The zero-order valence-electron chi connectivity index (χ0n) is 17.9. The molecule has 1 heterocycles. The van der Waals surface area contributed by atoms with E-state index in [0.717, 1.165) is 23.9 Å². The highest BCUT2D eigenvalue weighted by Gasteiger charge is 2.43. The molecule has 5 rings (SSSR count). The Kier molecular flexibility index (Phi) is 5.45. The maximum absolute atomic E-state index is 13.8. The third-order valence-electron chi connectivity index (χ3n) is 6.17. The SMILES string of the molecule is C[S+]([O-])Nc1cccc2c1C(=O)C1=C(B(c3ccc(C#N)cc3)CC3=C(C=CCC3)O1)C2=O. The number of nitrogens with one attached hydrogen (secondary N) is 1. The second-order valence-corrected chi connectivity index (χ2v) is 9.30. The normalized spacial score (nSPS) is 18.0. The number of hydrogen-bond acceptors (Lipinski definition) is 6. The summed E-state index contributed by atoms with van der Waals surface area (Å²) < 4.78 is 20.8. The number of allylic oxidation sites excluding steroid dienone is 5. The van der Waals surface area contributed by atoms with Crippen LogP contribution in [0.5, 0.6) is 0 Å². The molecule has 0 amide bonds. The topological polar surface area (TPSA) is 102 Å². The van der Waals surface area contributed by atoms with Gasteiger partial charge in [-0.1, -0.05) is 35.8 Å². The molecule has 1 unspecified atom stereocenters. The van der Waals surface area contributed by atoms with E-state index in [1.54, 1.807) is 30.3 Å². The van der Waals surface area contributed by atoms with E-state index in [0.29, 0.717) is 28.8 Å². The Labute approximate surface area is 195 Å². The van der Waals surface area contributed by atoms with E-state index in [1.807, 2.05) is 24.3 Å². The van der Waals surface area contributed by atoms with Crippen LogP contribution >= 0.6 is 0 Å². The Hall–Kier alpha value is -3.54. The molecule has 8 heteroatoms. The van der Waals surface area contributed by atoms with Crippen LogP contribution in [-0.4, -0.2) is 29.1 Å². The van der Waals surface area contributed by atoms with Gasteiger partial charge >= 0.3 is 0 Å². The third-order valence-corrected chi connectivity index (χ3v) is 6.68. The number of Topliss-reactive ketones (excluding diaryl/α,β-unsaturated/α-hetero) is 2. The van der Waals surface area contributed by atoms with Crippen molar-refractivity contribution in [2.45, 2.75) is 19.2 Å². The first-order chi connectivity index (χ1) is 16.0. The average molecular weight is 454 g/mol. The van der Waals surface area contributed by atoms with E-state index in [2.05, 4.69) is 10.8 Å². The molecular weight excluding hydrogens is 435 g/mol. The number of carbonyl (C=O) groups is 2. The first-order valence-corrected chi connectivity index (χ1v) is 12.2. The van der Waals surface area contributed by atoms with Crippen LogP contribution in [0.4, 0.5) is 5.69 Å². The Morgan fingerprint density at radius 3 is 2.67 bits per heavy atom. The van der Waals surface area contributed by atoms with E-state index in [4.69, 9.17) is 4.74 Å². The molecule has 2 aromatic carbocycles. The first kappa shape index (κ1) is 21.3. The summed E-state index contributed by atoms with van der Waals surface area (Å²) in [5.41, 5.74) is 3.55. The van der Waals surface area contributed by atoms with Gasteiger partial charge in [0.25, 0.3) is 0 Å². The van der Waals surface area contributed by atoms with E-state index in [-0.39, 0.29) is 29.4 Å². The van der Waals surface area contributed by atoms with Gasteiger partial charge in [-0.2, -0.15) is 5.26 Å². The van der Waals surface area contributed by atoms with Crippen molar-refractivity contribution >= 4 is 40.8 Å². The van der Waals surface area contributed by atoms with Gasteiger partial charge in [0.1, 0.15) is 12.0 Å². The molecule has 33 heavy (non-hydrogen) atoms. The van der Waals surface area contributed by atoms with Crippen LogP contribution in [0.2, 0.25) is 6.32 Å². The maximum Gasteiger partial charge on any atom is 0.230 e. The average Bonchev–Trinajstić information content (AvgIpc) is 3.00. The Morgan fingerprint density at radius 2 is 1.94 bits per heavy atom. The number of hydrogen-bond donors (Lipinski definition) is 1. The molecule has 0 saturated heterocycles. The molecule has 0 fully saturated rings. The number of benzene rings is 2. The van der Waals surface area contributed by atoms with Crippen LogP contribution in [0.3, 0.4) is 0 Å². The van der Waals surface area contributed by atoms with E-state index in [9.17, 15) is 19.4 Å². The molecule has 2 aliphatic carbocycles. The molecule has 6 nitrogen and oxygen atoms in total. The predicted octanol–water partition coefficient (Wildman–Crippen LogP) is 3.47. The van der Waals surface area contributed by atoms with Gasteiger partial charge in [-0.25, -0.2) is 4.72 Å². The van der Waals surface area contributed by atoms with Crippen molar-refractivity contribution in [2.24, 2.45) is 0 Å². The predicted molar refractivity (Wildman–Crippen MR) is 128 cm³/mol. The number of anilines is 1. The lowest BCUT2D eigenvalue weighted by molar-refractivity contribution is 0.0922. The van der Waals surface area contributed by atoms with Crippen LogP contribution in [-0.2, 0) is 16.1 Å². The molecule has 0 saturated carbocycles. The fourth-order valence-corrected chi connectivity index (χ4v) is 5.14. The smallest absolute Gasteiger partial charge is 0.230 e. The lowest BCUT2D eigenvalue weighted by Gasteiger charge is -2.25. The quantitative estimate of drug-likeness (QED) is 0.563. The summed E-state index contributed by atoms with van der Waals surface area (Å²) in [6.07, 6.45) is 7.53. The zero-order valence-corrected chi connectivity index (χ0v) is 18.7. The van der Waals surface area contributed by atoms with Gasteiger partial charge in [0.2, 0.25) is 12.5 Å². The Morgan fingerprint density at radius 1 is 1.15 bits per heavy atom. The van der Waals surface area contributed by atoms with Crippen molar-refractivity contribution in [1.29, 1.82) is 5.26 Å². The van der Waals surface area contributed by atoms with Crippen molar-refractivity contribution in [3.63, 3.8) is 0 Å². The van der Waals surface area contributed by atoms with E-state index in [1.165, 1.54) is 6.26 Å². The molecule has 2 aromatic rings. The molecule has 1 aliphatic heterocycles. The number of nitrogens with zero attached hydrogens (tertiary/aromatic N) is 1. The number of ether oxygens (including phenoxy) is 1. The maximum atomic E-state index is 13.8. The van der Waals surface area contributed by atoms with Crippen molar-refractivity contribution < 1.29 is 18.9 Å². The molecule has 1 N–H and O–H groups in total. The van der Waals surface area contributed by atoms with Crippen LogP contribution in [0, 0.1) is 11.3 Å². The molecule has 0 radical (unpaired) electrons. The Balaban J connectivity index is 1.70. The summed E-state index contributed by atoms with van der Waals surface area (Å²) >= 11 is -1.42. The number of fused-ring (bicyclic) bond motifs is 1. The summed E-state index contributed by atoms with van der Waals surface area (Å²) in [4.78, 5) is 27.6. The van der Waals surface area contributed by atoms with Crippen molar-refractivity contribution in [1.82, 2.24) is 0 Å². The minimum Gasteiger partial charge on any atom is -0.593 e. The monoisotopic (exact) mass is 454 g/mol. The largest absolute Gasteiger partial charge is 0.593 e. The summed E-state index contributed by atoms with van der Waals surface area (Å²) in [6.45, 7) is -0.381. The molecule has 162 valence electrons. The second-order valence-electron chi connectivity index (χ2n) is 8.19. The summed E-state index contributed by atoms with van der Waals surface area (Å²) in [6, 6.07) is 14.2. The number of rotatable bonds is 3. The van der Waals surface area contributed by atoms with Gasteiger partial charge in [0.15, 0.2) is 11.5 Å². The molecule has 0 bridgehead atoms. The van der Waals surface area contributed by atoms with Crippen molar-refractivity contribution in [2.75, 3.05) is 11.0 Å². The van der Waals surface area contributed by atoms with Crippen molar-refractivity contribution in [3.05, 3.63) is 93.9 Å². The van der Waals surface area contributed by atoms with Gasteiger partial charge in [0, 0.05) is 11.0 Å². The molecule has 1 atom stereocenters. The molecule has 3 aliphatic rings. The summed E-state index contributed by atoms with van der Waals surface area (Å²) in [7, 11) is 0. The number of carbonyl (C=O) groups excluding carboxylic acids is 2. The summed E-state index contributed by atoms with van der Waals surface area (Å²) in [5.74, 6) is -0.0450. The highest BCUT2D eigenvalue weighted by Crippen LogP contribution is 2.39. The zero-order chi connectivity index (χ0) is 23.1. The van der Waals surface area contributed by atoms with Crippen LogP contribution in [0.25, 0.3) is 0 Å². The first-order valence-electron chi connectivity index (χ1n) is 10.6. The Bertz CT molecular complexity index is 1320. The number of nitriles is 1. The third kappa shape index (κ3) is 3.69. The van der Waals surface area contributed by atoms with Gasteiger partial charge < -0.3 is 9.29 Å². The number of ketones is 2. The standard InChI is InChI=1S/C25H19BN2O4S/c1-33(31)28-19-7-4-6-18-21(19)24(30)25-22(23(18)29)26(17-11-9-15(14-27)10-12-17)13-16-5-2-3-8-20(16)32-25/h3-4,6-12,28H,2,5,13H2,1H3. The minimum absolute atomic E-state index is 0.0227. The van der Waals surface area contributed by atoms with Gasteiger partial charge in [0.05, 0.1) is 34.2 Å². The van der Waals surface area contributed by atoms with Crippen LogP contribution < -0.4 is 10.2 Å². The lowest BCUT2D eigenvalue weighted by atomic mass is 9.35. The van der Waals surface area contributed by atoms with E-state index < -0.39 is 17.1 Å². The molecular formula is C25H19BN2O4S. The fourth-order valence-electron chi connectivity index (χ4n) is 4.66. The minimum atomic E-state index is -1.42. The van der Waals surface area contributed by atoms with Crippen molar-refractivity contribution in [3.8, 4) is 6.07 Å². The highest BCUT2D eigenvalue weighted by molar-refractivity contribution is 7.92.